The fourth-order valence-electron chi connectivity index (χ4n) is 3.22. The van der Waals surface area contributed by atoms with Crippen LogP contribution in [-0.2, 0) is 26.1 Å². The molecule has 0 bridgehead atoms. The van der Waals surface area contributed by atoms with Crippen LogP contribution in [0.1, 0.15) is 27.2 Å². The monoisotopic (exact) mass is 550 g/mol. The fraction of sp³-hybridized carbons (Fsp3) is 0.250. The molecule has 1 heterocycles. The van der Waals surface area contributed by atoms with Crippen LogP contribution in [0.4, 0.5) is 0 Å². The van der Waals surface area contributed by atoms with Crippen LogP contribution in [0, 0.1) is 0 Å². The van der Waals surface area contributed by atoms with Gasteiger partial charge >= 0.3 is 5.97 Å². The highest BCUT2D eigenvalue weighted by Crippen LogP contribution is 2.28. The van der Waals surface area contributed by atoms with Gasteiger partial charge in [0.15, 0.2) is 0 Å². The van der Waals surface area contributed by atoms with E-state index in [1.165, 1.54) is 23.1 Å². The van der Waals surface area contributed by atoms with E-state index in [9.17, 15) is 23.1 Å². The fourth-order valence-corrected chi connectivity index (χ4v) is 6.62. The number of thioether (sulfide) groups is 1. The summed E-state index contributed by atoms with van der Waals surface area (Å²) in [4.78, 5) is 25.6. The third-order valence-corrected chi connectivity index (χ3v) is 9.43. The highest BCUT2D eigenvalue weighted by atomic mass is 33.1. The number of rotatable bonds is 13. The zero-order chi connectivity index (χ0) is 25.3. The van der Waals surface area contributed by atoms with Crippen molar-refractivity contribution in [3.63, 3.8) is 0 Å². The third-order valence-electron chi connectivity index (χ3n) is 5.01. The molecule has 1 aromatic heterocycles. The molecule has 3 aromatic rings. The number of carboxylic acid groups (broad SMARTS) is 1. The maximum atomic E-state index is 13.1. The van der Waals surface area contributed by atoms with Crippen LogP contribution in [0.3, 0.4) is 0 Å². The van der Waals surface area contributed by atoms with Crippen molar-refractivity contribution in [3.05, 3.63) is 82.0 Å². The summed E-state index contributed by atoms with van der Waals surface area (Å²) in [6, 6.07) is 17.1. The standard InChI is InChI=1S/C24H26N2O5S4/c1-32-13-11-22(24(28)29)26-23(27)20-10-9-17(14-21(20)18-6-3-2-4-7-18)16-34-35(30,31)25-15-19-8-5-12-33-19/h2-10,12,14,22,25H,11,13,15-16H2,1H3,(H,26,27)(H,28,29). The molecular formula is C24H26N2O5S4. The summed E-state index contributed by atoms with van der Waals surface area (Å²) in [5.41, 5.74) is 2.45. The molecule has 11 heteroatoms. The van der Waals surface area contributed by atoms with Crippen molar-refractivity contribution in [1.29, 1.82) is 0 Å². The molecule has 0 saturated carbocycles. The van der Waals surface area contributed by atoms with Crippen LogP contribution < -0.4 is 10.0 Å². The van der Waals surface area contributed by atoms with Crippen LogP contribution in [-0.4, -0.2) is 43.5 Å². The molecule has 186 valence electrons. The first-order valence-corrected chi connectivity index (χ1v) is 15.9. The summed E-state index contributed by atoms with van der Waals surface area (Å²) in [6.45, 7) is 0.239. The Morgan fingerprint density at radius 3 is 2.51 bits per heavy atom. The minimum atomic E-state index is -3.57. The van der Waals surface area contributed by atoms with Gasteiger partial charge in [0.1, 0.15) is 6.04 Å². The van der Waals surface area contributed by atoms with Gasteiger partial charge in [-0.15, -0.1) is 11.3 Å². The normalized spacial score (nSPS) is 12.3. The molecule has 0 spiro atoms. The second kappa shape index (κ2) is 13.1. The van der Waals surface area contributed by atoms with Crippen LogP contribution in [0.5, 0.6) is 0 Å². The van der Waals surface area contributed by atoms with Gasteiger partial charge < -0.3 is 10.4 Å². The molecule has 0 radical (unpaired) electrons. The van der Waals surface area contributed by atoms with E-state index in [-0.39, 0.29) is 12.3 Å². The molecular weight excluding hydrogens is 525 g/mol. The number of carbonyl (C=O) groups excluding carboxylic acids is 1. The average molecular weight is 551 g/mol. The molecule has 0 fully saturated rings. The van der Waals surface area contributed by atoms with Crippen molar-refractivity contribution in [1.82, 2.24) is 10.0 Å². The molecule has 1 amide bonds. The molecule has 35 heavy (non-hydrogen) atoms. The lowest BCUT2D eigenvalue weighted by atomic mass is 9.97. The van der Waals surface area contributed by atoms with Crippen molar-refractivity contribution in [3.8, 4) is 11.1 Å². The Hall–Kier alpha value is -2.31. The van der Waals surface area contributed by atoms with Crippen molar-refractivity contribution in [2.24, 2.45) is 0 Å². The number of hydrogen-bond acceptors (Lipinski definition) is 7. The van der Waals surface area contributed by atoms with Gasteiger partial charge in [-0.25, -0.2) is 17.9 Å². The van der Waals surface area contributed by atoms with Crippen LogP contribution >= 0.6 is 33.9 Å². The van der Waals surface area contributed by atoms with Crippen LogP contribution in [0.2, 0.25) is 0 Å². The van der Waals surface area contributed by atoms with Crippen molar-refractivity contribution >= 4 is 54.8 Å². The Morgan fingerprint density at radius 1 is 1.09 bits per heavy atom. The molecule has 3 N–H and O–H groups in total. The van der Waals surface area contributed by atoms with Crippen LogP contribution in [0.25, 0.3) is 11.1 Å². The van der Waals surface area contributed by atoms with Gasteiger partial charge in [0.2, 0.25) is 0 Å². The van der Waals surface area contributed by atoms with Gasteiger partial charge in [0.05, 0.1) is 0 Å². The lowest BCUT2D eigenvalue weighted by Crippen LogP contribution is -2.41. The van der Waals surface area contributed by atoms with Crippen molar-refractivity contribution in [2.75, 3.05) is 12.0 Å². The number of hydrogen-bond donors (Lipinski definition) is 3. The van der Waals surface area contributed by atoms with E-state index in [1.54, 1.807) is 18.2 Å². The van der Waals surface area contributed by atoms with E-state index in [0.29, 0.717) is 23.3 Å². The maximum absolute atomic E-state index is 13.1. The van der Waals surface area contributed by atoms with Gasteiger partial charge in [0, 0.05) is 22.7 Å². The molecule has 0 saturated heterocycles. The summed E-state index contributed by atoms with van der Waals surface area (Å²) in [5, 5.41) is 14.0. The largest absolute Gasteiger partial charge is 0.480 e. The van der Waals surface area contributed by atoms with Gasteiger partial charge in [-0.2, -0.15) is 11.8 Å². The van der Waals surface area contributed by atoms with E-state index < -0.39 is 27.0 Å². The average Bonchev–Trinajstić information content (AvgIpc) is 3.38. The number of benzene rings is 2. The van der Waals surface area contributed by atoms with E-state index in [4.69, 9.17) is 0 Å². The number of amides is 1. The number of carbonyl (C=O) groups is 2. The lowest BCUT2D eigenvalue weighted by molar-refractivity contribution is -0.139. The molecule has 1 atom stereocenters. The number of carboxylic acids is 1. The topological polar surface area (TPSA) is 113 Å². The Kier molecular flexibility index (Phi) is 10.2. The van der Waals surface area contributed by atoms with Gasteiger partial charge in [-0.05, 0) is 69.5 Å². The van der Waals surface area contributed by atoms with E-state index in [0.717, 1.165) is 26.8 Å². The SMILES string of the molecule is CSCCC(NC(=O)c1ccc(CSS(=O)(=O)NCc2cccs2)cc1-c1ccccc1)C(=O)O. The molecule has 0 aliphatic rings. The third kappa shape index (κ3) is 8.39. The summed E-state index contributed by atoms with van der Waals surface area (Å²) in [5.74, 6) is -0.773. The predicted octanol–water partition coefficient (Wildman–Crippen LogP) is 4.62. The second-order valence-corrected chi connectivity index (χ2v) is 13.3. The highest BCUT2D eigenvalue weighted by Gasteiger charge is 2.22. The molecule has 1 unspecified atom stereocenters. The molecule has 2 aromatic carbocycles. The van der Waals surface area contributed by atoms with Crippen molar-refractivity contribution < 1.29 is 23.1 Å². The van der Waals surface area contributed by atoms with E-state index in [2.05, 4.69) is 10.0 Å². The van der Waals surface area contributed by atoms with Gasteiger partial charge in [-0.3, -0.25) is 4.79 Å². The Labute approximate surface area is 217 Å². The first-order valence-electron chi connectivity index (χ1n) is 10.7. The van der Waals surface area contributed by atoms with E-state index in [1.807, 2.05) is 54.1 Å². The smallest absolute Gasteiger partial charge is 0.326 e. The minimum absolute atomic E-state index is 0.187. The van der Waals surface area contributed by atoms with E-state index >= 15 is 0 Å². The summed E-state index contributed by atoms with van der Waals surface area (Å²) >= 11 is 2.99. The molecule has 7 nitrogen and oxygen atoms in total. The Bertz CT molecular complexity index is 1230. The van der Waals surface area contributed by atoms with Gasteiger partial charge in [0.25, 0.3) is 15.0 Å². The summed E-state index contributed by atoms with van der Waals surface area (Å²) in [6.07, 6.45) is 2.19. The van der Waals surface area contributed by atoms with Crippen LogP contribution in [0.15, 0.2) is 66.0 Å². The molecule has 0 aliphatic carbocycles. The first-order chi connectivity index (χ1) is 16.8. The zero-order valence-electron chi connectivity index (χ0n) is 19.0. The minimum Gasteiger partial charge on any atom is -0.480 e. The second-order valence-electron chi connectivity index (χ2n) is 7.51. The molecule has 3 rings (SSSR count). The maximum Gasteiger partial charge on any atom is 0.326 e. The van der Waals surface area contributed by atoms with Crippen molar-refractivity contribution in [2.45, 2.75) is 24.8 Å². The zero-order valence-corrected chi connectivity index (χ0v) is 22.2. The molecule has 0 aliphatic heterocycles. The number of nitrogens with one attached hydrogen (secondary N) is 2. The summed E-state index contributed by atoms with van der Waals surface area (Å²) in [7, 11) is -2.79. The first kappa shape index (κ1) is 27.3. The van der Waals surface area contributed by atoms with Gasteiger partial charge in [-0.1, -0.05) is 42.5 Å². The summed E-state index contributed by atoms with van der Waals surface area (Å²) < 4.78 is 27.5. The number of aliphatic carboxylic acids is 1. The highest BCUT2D eigenvalue weighted by molar-refractivity contribution is 8.71. The predicted molar refractivity (Wildman–Crippen MR) is 145 cm³/mol. The number of thiophene rings is 1. The lowest BCUT2D eigenvalue weighted by Gasteiger charge is -2.17. The quantitative estimate of drug-likeness (QED) is 0.266. The Morgan fingerprint density at radius 2 is 1.86 bits per heavy atom. The Balaban J connectivity index is 1.79.